The number of hydrogen-bond donors (Lipinski definition) is 0. The Morgan fingerprint density at radius 1 is 1.36 bits per heavy atom. The van der Waals surface area contributed by atoms with E-state index in [9.17, 15) is 0 Å². The summed E-state index contributed by atoms with van der Waals surface area (Å²) in [5.74, 6) is 3.15. The topological polar surface area (TPSA) is 16.1 Å². The Morgan fingerprint density at radius 2 is 2.14 bits per heavy atom. The summed E-state index contributed by atoms with van der Waals surface area (Å²) in [4.78, 5) is 6.94. The van der Waals surface area contributed by atoms with Crippen molar-refractivity contribution in [2.24, 2.45) is 11.8 Å². The normalized spacial score (nSPS) is 29.1. The third-order valence-electron chi connectivity index (χ3n) is 3.52. The molecule has 0 aromatic carbocycles. The van der Waals surface area contributed by atoms with E-state index in [-0.39, 0.29) is 0 Å². The van der Waals surface area contributed by atoms with Crippen LogP contribution in [0, 0.1) is 11.8 Å². The first-order valence-corrected chi connectivity index (χ1v) is 5.56. The van der Waals surface area contributed by atoms with Crippen LogP contribution in [0.15, 0.2) is 18.3 Å². The van der Waals surface area contributed by atoms with Gasteiger partial charge in [0.25, 0.3) is 0 Å². The highest BCUT2D eigenvalue weighted by Gasteiger charge is 2.45. The fourth-order valence-electron chi connectivity index (χ4n) is 2.40. The van der Waals surface area contributed by atoms with Crippen LogP contribution in [0.5, 0.6) is 0 Å². The van der Waals surface area contributed by atoms with Crippen LogP contribution in [0.3, 0.4) is 0 Å². The van der Waals surface area contributed by atoms with Gasteiger partial charge in [0.2, 0.25) is 0 Å². The first kappa shape index (κ1) is 8.27. The SMILES string of the molecule is CCc1ccc(N2CC3CC3C2)nc1. The van der Waals surface area contributed by atoms with Crippen LogP contribution in [0.1, 0.15) is 18.9 Å². The molecule has 3 rings (SSSR count). The molecule has 1 saturated heterocycles. The molecule has 0 amide bonds. The highest BCUT2D eigenvalue weighted by Crippen LogP contribution is 2.45. The number of fused-ring (bicyclic) bond motifs is 1. The predicted octanol–water partition coefficient (Wildman–Crippen LogP) is 2.10. The fourth-order valence-corrected chi connectivity index (χ4v) is 2.40. The predicted molar refractivity (Wildman–Crippen MR) is 57.4 cm³/mol. The van der Waals surface area contributed by atoms with E-state index in [1.165, 1.54) is 30.9 Å². The molecule has 2 fully saturated rings. The molecule has 2 atom stereocenters. The average Bonchev–Trinajstić information content (AvgIpc) is 2.86. The van der Waals surface area contributed by atoms with Gasteiger partial charge < -0.3 is 4.90 Å². The second-order valence-corrected chi connectivity index (χ2v) is 4.54. The molecule has 0 bridgehead atoms. The molecule has 2 unspecified atom stereocenters. The number of nitrogens with zero attached hydrogens (tertiary/aromatic N) is 2. The number of rotatable bonds is 2. The van der Waals surface area contributed by atoms with Crippen molar-refractivity contribution in [1.82, 2.24) is 4.98 Å². The van der Waals surface area contributed by atoms with Crippen molar-refractivity contribution in [3.63, 3.8) is 0 Å². The van der Waals surface area contributed by atoms with Crippen molar-refractivity contribution < 1.29 is 0 Å². The Bertz CT molecular complexity index is 321. The molecular weight excluding hydrogens is 172 g/mol. The van der Waals surface area contributed by atoms with E-state index in [0.717, 1.165) is 18.3 Å². The van der Waals surface area contributed by atoms with Crippen LogP contribution in [0.4, 0.5) is 5.82 Å². The van der Waals surface area contributed by atoms with Crippen molar-refractivity contribution in [3.8, 4) is 0 Å². The van der Waals surface area contributed by atoms with Gasteiger partial charge in [0.15, 0.2) is 0 Å². The maximum atomic E-state index is 4.51. The lowest BCUT2D eigenvalue weighted by molar-refractivity contribution is 0.804. The molecule has 2 heterocycles. The lowest BCUT2D eigenvalue weighted by Gasteiger charge is -2.18. The third-order valence-corrected chi connectivity index (χ3v) is 3.52. The van der Waals surface area contributed by atoms with Crippen molar-refractivity contribution in [3.05, 3.63) is 23.9 Å². The lowest BCUT2D eigenvalue weighted by Crippen LogP contribution is -2.22. The number of hydrogen-bond acceptors (Lipinski definition) is 2. The van der Waals surface area contributed by atoms with Crippen LogP contribution in [-0.2, 0) is 6.42 Å². The minimum atomic E-state index is 0.989. The van der Waals surface area contributed by atoms with E-state index in [4.69, 9.17) is 0 Å². The zero-order valence-electron chi connectivity index (χ0n) is 8.61. The average molecular weight is 188 g/mol. The summed E-state index contributed by atoms with van der Waals surface area (Å²) >= 11 is 0. The summed E-state index contributed by atoms with van der Waals surface area (Å²) in [5, 5.41) is 0. The Morgan fingerprint density at radius 3 is 2.71 bits per heavy atom. The number of aromatic nitrogens is 1. The summed E-state index contributed by atoms with van der Waals surface area (Å²) in [6.07, 6.45) is 4.56. The smallest absolute Gasteiger partial charge is 0.128 e. The Hall–Kier alpha value is -1.05. The molecule has 1 aliphatic heterocycles. The van der Waals surface area contributed by atoms with Crippen molar-refractivity contribution >= 4 is 5.82 Å². The first-order valence-electron chi connectivity index (χ1n) is 5.56. The summed E-state index contributed by atoms with van der Waals surface area (Å²) < 4.78 is 0. The molecule has 2 nitrogen and oxygen atoms in total. The van der Waals surface area contributed by atoms with Gasteiger partial charge in [-0.25, -0.2) is 4.98 Å². The Kier molecular flexibility index (Phi) is 1.76. The van der Waals surface area contributed by atoms with E-state index in [2.05, 4.69) is 28.9 Å². The number of piperidine rings is 1. The van der Waals surface area contributed by atoms with Crippen molar-refractivity contribution in [2.75, 3.05) is 18.0 Å². The number of aryl methyl sites for hydroxylation is 1. The first-order chi connectivity index (χ1) is 6.86. The maximum absolute atomic E-state index is 4.51. The Balaban J connectivity index is 1.76. The van der Waals surface area contributed by atoms with Gasteiger partial charge in [-0.1, -0.05) is 13.0 Å². The third kappa shape index (κ3) is 1.29. The molecule has 0 N–H and O–H groups in total. The van der Waals surface area contributed by atoms with Crippen LogP contribution < -0.4 is 4.90 Å². The van der Waals surface area contributed by atoms with Crippen molar-refractivity contribution in [2.45, 2.75) is 19.8 Å². The lowest BCUT2D eigenvalue weighted by atomic mass is 10.2. The van der Waals surface area contributed by atoms with E-state index in [0.29, 0.717) is 0 Å². The quantitative estimate of drug-likeness (QED) is 0.706. The molecule has 2 aliphatic rings. The van der Waals surface area contributed by atoms with Gasteiger partial charge in [-0.05, 0) is 36.3 Å². The van der Waals surface area contributed by atoms with Crippen molar-refractivity contribution in [1.29, 1.82) is 0 Å². The molecule has 1 aromatic heterocycles. The number of pyridine rings is 1. The molecule has 1 aromatic rings. The van der Waals surface area contributed by atoms with E-state index in [1.54, 1.807) is 0 Å². The van der Waals surface area contributed by atoms with Gasteiger partial charge in [-0.15, -0.1) is 0 Å². The van der Waals surface area contributed by atoms with Crippen LogP contribution >= 0.6 is 0 Å². The van der Waals surface area contributed by atoms with Gasteiger partial charge in [0, 0.05) is 19.3 Å². The standard InChI is InChI=1S/C12H16N2/c1-2-9-3-4-12(13-6-9)14-7-10-5-11(10)8-14/h3-4,6,10-11H,2,5,7-8H2,1H3. The number of anilines is 1. The molecule has 1 saturated carbocycles. The molecule has 0 spiro atoms. The zero-order chi connectivity index (χ0) is 9.54. The minimum Gasteiger partial charge on any atom is -0.356 e. The maximum Gasteiger partial charge on any atom is 0.128 e. The summed E-state index contributed by atoms with van der Waals surface area (Å²) in [5.41, 5.74) is 1.33. The van der Waals surface area contributed by atoms with Gasteiger partial charge in [0.1, 0.15) is 5.82 Å². The van der Waals surface area contributed by atoms with E-state index >= 15 is 0 Å². The van der Waals surface area contributed by atoms with Gasteiger partial charge in [0.05, 0.1) is 0 Å². The van der Waals surface area contributed by atoms with Gasteiger partial charge in [-0.2, -0.15) is 0 Å². The van der Waals surface area contributed by atoms with E-state index < -0.39 is 0 Å². The van der Waals surface area contributed by atoms with Crippen LogP contribution in [-0.4, -0.2) is 18.1 Å². The summed E-state index contributed by atoms with van der Waals surface area (Å²) in [6.45, 7) is 4.65. The van der Waals surface area contributed by atoms with Gasteiger partial charge in [-0.3, -0.25) is 0 Å². The summed E-state index contributed by atoms with van der Waals surface area (Å²) in [7, 11) is 0. The fraction of sp³-hybridized carbons (Fsp3) is 0.583. The Labute approximate surface area is 85.0 Å². The highest BCUT2D eigenvalue weighted by atomic mass is 15.2. The van der Waals surface area contributed by atoms with Crippen LogP contribution in [0.2, 0.25) is 0 Å². The second-order valence-electron chi connectivity index (χ2n) is 4.54. The molecule has 14 heavy (non-hydrogen) atoms. The minimum absolute atomic E-state index is 0.989. The molecule has 0 radical (unpaired) electrons. The monoisotopic (exact) mass is 188 g/mol. The van der Waals surface area contributed by atoms with E-state index in [1.807, 2.05) is 6.20 Å². The van der Waals surface area contributed by atoms with Crippen LogP contribution in [0.25, 0.3) is 0 Å². The second kappa shape index (κ2) is 2.97. The molecular formula is C12H16N2. The van der Waals surface area contributed by atoms with Gasteiger partial charge >= 0.3 is 0 Å². The molecule has 1 aliphatic carbocycles. The summed E-state index contributed by atoms with van der Waals surface area (Å²) in [6, 6.07) is 4.37. The largest absolute Gasteiger partial charge is 0.356 e. The molecule has 74 valence electrons. The zero-order valence-corrected chi connectivity index (χ0v) is 8.61. The molecule has 2 heteroatoms. The highest BCUT2D eigenvalue weighted by molar-refractivity contribution is 5.42.